The summed E-state index contributed by atoms with van der Waals surface area (Å²) in [6.07, 6.45) is 1.67. The van der Waals surface area contributed by atoms with Crippen LogP contribution in [-0.4, -0.2) is 27.0 Å². The molecular weight excluding hydrogens is 388 g/mol. The highest BCUT2D eigenvalue weighted by Gasteiger charge is 2.27. The molecule has 0 saturated carbocycles. The van der Waals surface area contributed by atoms with Crippen molar-refractivity contribution in [1.29, 1.82) is 0 Å². The third-order valence-electron chi connectivity index (χ3n) is 5.22. The van der Waals surface area contributed by atoms with Crippen LogP contribution in [0.25, 0.3) is 32.3 Å². The minimum absolute atomic E-state index is 0.0363. The average Bonchev–Trinajstić information content (AvgIpc) is 2.71. The Kier molecular flexibility index (Phi) is 5.12. The number of benzene rings is 4. The molecule has 4 aromatic carbocycles. The fourth-order valence-electron chi connectivity index (χ4n) is 3.77. The molecule has 0 spiro atoms. The summed E-state index contributed by atoms with van der Waals surface area (Å²) in [7, 11) is -4.31. The van der Waals surface area contributed by atoms with Gasteiger partial charge in [0.1, 0.15) is 10.9 Å². The molecule has 0 radical (unpaired) electrons. The van der Waals surface area contributed by atoms with Gasteiger partial charge in [-0.05, 0) is 52.4 Å². The van der Waals surface area contributed by atoms with Gasteiger partial charge in [0.15, 0.2) is 0 Å². The molecule has 4 N–H and O–H groups in total. The van der Waals surface area contributed by atoms with E-state index in [-0.39, 0.29) is 4.90 Å². The van der Waals surface area contributed by atoms with Crippen molar-refractivity contribution in [2.24, 2.45) is 11.5 Å². The number of carbonyl (C=O) groups excluding carboxylic acids is 1. The van der Waals surface area contributed by atoms with E-state index in [0.717, 1.165) is 26.9 Å². The van der Waals surface area contributed by atoms with Gasteiger partial charge < -0.3 is 15.7 Å². The molecule has 0 unspecified atom stereocenters. The molecule has 0 aromatic heterocycles. The second-order valence-electron chi connectivity index (χ2n) is 7.17. The van der Waals surface area contributed by atoms with Crippen LogP contribution in [0.15, 0.2) is 59.5 Å². The van der Waals surface area contributed by atoms with Crippen LogP contribution >= 0.6 is 0 Å². The summed E-state index contributed by atoms with van der Waals surface area (Å²) in [6, 6.07) is 15.8. The smallest absolute Gasteiger partial charge is 0.341 e. The molecule has 0 aliphatic heterocycles. The van der Waals surface area contributed by atoms with E-state index in [2.05, 4.69) is 0 Å². The Hall–Kier alpha value is -2.74. The lowest BCUT2D eigenvalue weighted by Crippen LogP contribution is -2.34. The largest absolute Gasteiger partial charge is 0.342 e. The zero-order chi connectivity index (χ0) is 20.6. The number of hydrogen-bond donors (Lipinski definition) is 2. The normalized spacial score (nSPS) is 13.3. The van der Waals surface area contributed by atoms with Crippen molar-refractivity contribution in [2.75, 3.05) is 6.54 Å². The van der Waals surface area contributed by atoms with Gasteiger partial charge in [0.25, 0.3) is 0 Å². The lowest BCUT2D eigenvalue weighted by atomic mass is 9.94. The van der Waals surface area contributed by atoms with Gasteiger partial charge in [-0.1, -0.05) is 55.0 Å². The van der Waals surface area contributed by atoms with Crippen LogP contribution < -0.4 is 11.5 Å². The summed E-state index contributed by atoms with van der Waals surface area (Å²) in [5.41, 5.74) is 11.2. The Morgan fingerprint density at radius 3 is 2.21 bits per heavy atom. The van der Waals surface area contributed by atoms with Gasteiger partial charge in [0.05, 0.1) is 0 Å². The van der Waals surface area contributed by atoms with E-state index in [0.29, 0.717) is 31.2 Å². The van der Waals surface area contributed by atoms with Crippen molar-refractivity contribution in [3.8, 4) is 0 Å². The number of hydrogen-bond acceptors (Lipinski definition) is 6. The van der Waals surface area contributed by atoms with Crippen molar-refractivity contribution < 1.29 is 17.4 Å². The third kappa shape index (κ3) is 3.53. The second kappa shape index (κ2) is 7.59. The molecule has 1 atom stereocenters. The number of nitrogens with two attached hydrogens (primary N) is 2. The first-order valence-corrected chi connectivity index (χ1v) is 10.9. The summed E-state index contributed by atoms with van der Waals surface area (Å²) in [4.78, 5) is 12.2. The van der Waals surface area contributed by atoms with Crippen LogP contribution in [-0.2, 0) is 19.1 Å². The van der Waals surface area contributed by atoms with E-state index in [4.69, 9.17) is 15.7 Å². The molecule has 0 fully saturated rings. The lowest BCUT2D eigenvalue weighted by molar-refractivity contribution is -0.135. The van der Waals surface area contributed by atoms with Crippen molar-refractivity contribution in [3.05, 3.63) is 54.6 Å². The van der Waals surface area contributed by atoms with E-state index in [1.807, 2.05) is 36.4 Å². The van der Waals surface area contributed by atoms with Crippen LogP contribution in [0.2, 0.25) is 0 Å². The monoisotopic (exact) mass is 410 g/mol. The number of rotatable bonds is 7. The molecule has 29 heavy (non-hydrogen) atoms. The predicted molar refractivity (Wildman–Crippen MR) is 114 cm³/mol. The first kappa shape index (κ1) is 19.6. The average molecular weight is 410 g/mol. The summed E-state index contributed by atoms with van der Waals surface area (Å²) >= 11 is 0. The molecule has 0 aliphatic rings. The van der Waals surface area contributed by atoms with E-state index in [9.17, 15) is 13.2 Å². The van der Waals surface area contributed by atoms with Crippen LogP contribution in [0.3, 0.4) is 0 Å². The van der Waals surface area contributed by atoms with Crippen molar-refractivity contribution >= 4 is 48.4 Å². The summed E-state index contributed by atoms with van der Waals surface area (Å²) in [5.74, 6) is -0.951. The van der Waals surface area contributed by atoms with Gasteiger partial charge in [-0.3, -0.25) is 0 Å². The van der Waals surface area contributed by atoms with Gasteiger partial charge in [0, 0.05) is 5.39 Å². The van der Waals surface area contributed by atoms with Crippen LogP contribution in [0.5, 0.6) is 0 Å². The number of unbranched alkanes of at least 4 members (excludes halogenated alkanes) is 1. The van der Waals surface area contributed by atoms with E-state index in [1.54, 1.807) is 12.1 Å². The SMILES string of the molecule is NCCCC[C@H](N)C(=O)OS(=O)(=O)c1ccc2ccc3cccc4ccc1c2c34. The highest BCUT2D eigenvalue weighted by molar-refractivity contribution is 7.87. The third-order valence-corrected chi connectivity index (χ3v) is 6.50. The molecule has 0 heterocycles. The molecular formula is C22H22N2O4S. The fraction of sp³-hybridized carbons (Fsp3) is 0.227. The van der Waals surface area contributed by atoms with Crippen LogP contribution in [0.4, 0.5) is 0 Å². The Labute approximate surface area is 168 Å². The quantitative estimate of drug-likeness (QED) is 0.275. The highest BCUT2D eigenvalue weighted by Crippen LogP contribution is 2.37. The van der Waals surface area contributed by atoms with Crippen LogP contribution in [0.1, 0.15) is 19.3 Å². The first-order valence-electron chi connectivity index (χ1n) is 9.53. The van der Waals surface area contributed by atoms with Crippen molar-refractivity contribution in [1.82, 2.24) is 0 Å². The lowest BCUT2D eigenvalue weighted by Gasteiger charge is -2.15. The van der Waals surface area contributed by atoms with Crippen LogP contribution in [0, 0.1) is 0 Å². The molecule has 0 amide bonds. The summed E-state index contributed by atoms with van der Waals surface area (Å²) < 4.78 is 30.7. The van der Waals surface area contributed by atoms with E-state index in [1.165, 1.54) is 6.07 Å². The number of carbonyl (C=O) groups is 1. The molecule has 0 saturated heterocycles. The molecule has 0 aliphatic carbocycles. The molecule has 150 valence electrons. The highest BCUT2D eigenvalue weighted by atomic mass is 32.2. The topological polar surface area (TPSA) is 112 Å². The Morgan fingerprint density at radius 2 is 1.52 bits per heavy atom. The first-order chi connectivity index (χ1) is 13.9. The second-order valence-corrected chi connectivity index (χ2v) is 8.68. The van der Waals surface area contributed by atoms with Gasteiger partial charge in [-0.2, -0.15) is 8.42 Å². The maximum absolute atomic E-state index is 12.9. The molecule has 7 heteroatoms. The van der Waals surface area contributed by atoms with E-state index < -0.39 is 22.1 Å². The minimum Gasteiger partial charge on any atom is -0.341 e. The minimum atomic E-state index is -4.31. The zero-order valence-electron chi connectivity index (χ0n) is 15.8. The molecule has 4 aromatic rings. The van der Waals surface area contributed by atoms with Crippen molar-refractivity contribution in [2.45, 2.75) is 30.2 Å². The Bertz CT molecular complexity index is 1280. The Morgan fingerprint density at radius 1 is 0.897 bits per heavy atom. The molecule has 0 bridgehead atoms. The van der Waals surface area contributed by atoms with Crippen molar-refractivity contribution in [3.63, 3.8) is 0 Å². The van der Waals surface area contributed by atoms with Gasteiger partial charge in [-0.15, -0.1) is 0 Å². The zero-order valence-corrected chi connectivity index (χ0v) is 16.6. The fourth-order valence-corrected chi connectivity index (χ4v) is 4.87. The maximum Gasteiger partial charge on any atom is 0.342 e. The molecule has 4 rings (SSSR count). The maximum atomic E-state index is 12.9. The van der Waals surface area contributed by atoms with Gasteiger partial charge in [0.2, 0.25) is 0 Å². The van der Waals surface area contributed by atoms with E-state index >= 15 is 0 Å². The molecule has 6 nitrogen and oxygen atoms in total. The summed E-state index contributed by atoms with van der Waals surface area (Å²) in [5, 5.41) is 5.32. The standard InChI is InChI=1S/C22H22N2O4S/c23-13-2-1-6-18(24)22(25)28-29(26,27)19-12-10-16-8-7-14-4-3-5-15-9-11-17(19)21(16)20(14)15/h3-5,7-12,18H,1-2,6,13,23-24H2/t18-/m0/s1. The summed E-state index contributed by atoms with van der Waals surface area (Å²) in [6.45, 7) is 0.489. The Balaban J connectivity index is 1.76. The predicted octanol–water partition coefficient (Wildman–Crippen LogP) is 3.27. The van der Waals surface area contributed by atoms with Gasteiger partial charge in [-0.25, -0.2) is 4.79 Å². The van der Waals surface area contributed by atoms with Gasteiger partial charge >= 0.3 is 16.1 Å².